The van der Waals surface area contributed by atoms with Gasteiger partial charge in [-0.3, -0.25) is 9.59 Å². The smallest absolute Gasteiger partial charge is 0.306 e. The molecule has 1 aliphatic rings. The van der Waals surface area contributed by atoms with Gasteiger partial charge in [-0.05, 0) is 20.8 Å². The Balaban J connectivity index is 2.32. The number of amides is 1. The van der Waals surface area contributed by atoms with Crippen molar-refractivity contribution in [2.45, 2.75) is 51.4 Å². The first-order chi connectivity index (χ1) is 8.19. The second-order valence-electron chi connectivity index (χ2n) is 5.52. The highest BCUT2D eigenvalue weighted by Crippen LogP contribution is 2.13. The first kappa shape index (κ1) is 14.9. The lowest BCUT2D eigenvalue weighted by molar-refractivity contribution is -0.156. The molecule has 1 amide bonds. The highest BCUT2D eigenvalue weighted by Gasteiger charge is 2.32. The number of nitrogens with zero attached hydrogens (tertiary/aromatic N) is 1. The molecule has 6 heteroatoms. The van der Waals surface area contributed by atoms with Crippen LogP contribution in [-0.4, -0.2) is 57.9 Å². The molecule has 0 aromatic heterocycles. The van der Waals surface area contributed by atoms with E-state index in [2.05, 4.69) is 0 Å². The van der Waals surface area contributed by atoms with Crippen LogP contribution in [0.25, 0.3) is 0 Å². The minimum atomic E-state index is -0.893. The summed E-state index contributed by atoms with van der Waals surface area (Å²) in [6.45, 7) is 5.53. The van der Waals surface area contributed by atoms with Crippen LogP contribution in [0.3, 0.4) is 0 Å². The van der Waals surface area contributed by atoms with E-state index in [0.717, 1.165) is 0 Å². The SMILES string of the molecule is CC(C)(C)OC(=O)CCC(=O)N1CC(O)C(O)C1. The minimum Gasteiger partial charge on any atom is -0.460 e. The van der Waals surface area contributed by atoms with E-state index in [-0.39, 0.29) is 31.8 Å². The Morgan fingerprint density at radius 1 is 1.17 bits per heavy atom. The molecule has 2 N–H and O–H groups in total. The fraction of sp³-hybridized carbons (Fsp3) is 0.833. The average molecular weight is 259 g/mol. The molecule has 1 heterocycles. The van der Waals surface area contributed by atoms with Crippen LogP contribution in [0.2, 0.25) is 0 Å². The summed E-state index contributed by atoms with van der Waals surface area (Å²) in [4.78, 5) is 24.5. The number of aliphatic hydroxyl groups excluding tert-OH is 2. The van der Waals surface area contributed by atoms with Gasteiger partial charge in [0, 0.05) is 19.5 Å². The third-order valence-corrected chi connectivity index (χ3v) is 2.57. The van der Waals surface area contributed by atoms with Crippen LogP contribution in [0.1, 0.15) is 33.6 Å². The average Bonchev–Trinajstić information content (AvgIpc) is 2.53. The van der Waals surface area contributed by atoms with E-state index in [1.807, 2.05) is 0 Å². The number of carbonyl (C=O) groups excluding carboxylic acids is 2. The van der Waals surface area contributed by atoms with Crippen LogP contribution in [-0.2, 0) is 14.3 Å². The largest absolute Gasteiger partial charge is 0.460 e. The maximum absolute atomic E-state index is 11.7. The van der Waals surface area contributed by atoms with Gasteiger partial charge in [-0.15, -0.1) is 0 Å². The summed E-state index contributed by atoms with van der Waals surface area (Å²) in [7, 11) is 0. The van der Waals surface area contributed by atoms with Gasteiger partial charge in [0.15, 0.2) is 0 Å². The molecule has 0 saturated carbocycles. The van der Waals surface area contributed by atoms with Gasteiger partial charge in [-0.2, -0.15) is 0 Å². The maximum atomic E-state index is 11.7. The summed E-state index contributed by atoms with van der Waals surface area (Å²) >= 11 is 0. The Hall–Kier alpha value is -1.14. The van der Waals surface area contributed by atoms with Gasteiger partial charge < -0.3 is 19.8 Å². The van der Waals surface area contributed by atoms with Gasteiger partial charge in [0.1, 0.15) is 5.60 Å². The first-order valence-corrected chi connectivity index (χ1v) is 6.05. The van der Waals surface area contributed by atoms with Crippen molar-refractivity contribution in [2.24, 2.45) is 0 Å². The molecule has 2 atom stereocenters. The fourth-order valence-electron chi connectivity index (χ4n) is 1.73. The second-order valence-corrected chi connectivity index (χ2v) is 5.52. The van der Waals surface area contributed by atoms with E-state index in [0.29, 0.717) is 0 Å². The van der Waals surface area contributed by atoms with Crippen LogP contribution in [0.4, 0.5) is 0 Å². The molecular formula is C12H21NO5. The number of rotatable bonds is 3. The lowest BCUT2D eigenvalue weighted by Crippen LogP contribution is -2.31. The third-order valence-electron chi connectivity index (χ3n) is 2.57. The Bertz CT molecular complexity index is 313. The second kappa shape index (κ2) is 5.67. The van der Waals surface area contributed by atoms with Crippen molar-refractivity contribution < 1.29 is 24.5 Å². The molecule has 1 saturated heterocycles. The molecular weight excluding hydrogens is 238 g/mol. The number of esters is 1. The number of carbonyl (C=O) groups is 2. The predicted octanol–water partition coefficient (Wildman–Crippen LogP) is -0.328. The zero-order valence-electron chi connectivity index (χ0n) is 11.0. The van der Waals surface area contributed by atoms with Crippen molar-refractivity contribution in [3.63, 3.8) is 0 Å². The van der Waals surface area contributed by atoms with Crippen molar-refractivity contribution >= 4 is 11.9 Å². The molecule has 1 fully saturated rings. The summed E-state index contributed by atoms with van der Waals surface area (Å²) in [6, 6.07) is 0. The number of likely N-dealkylation sites (tertiary alicyclic amines) is 1. The Labute approximate surface area is 107 Å². The molecule has 1 rings (SSSR count). The Morgan fingerprint density at radius 3 is 2.11 bits per heavy atom. The quantitative estimate of drug-likeness (QED) is 0.678. The molecule has 0 bridgehead atoms. The van der Waals surface area contributed by atoms with Gasteiger partial charge in [0.2, 0.25) is 5.91 Å². The fourth-order valence-corrected chi connectivity index (χ4v) is 1.73. The predicted molar refractivity (Wildman–Crippen MR) is 63.7 cm³/mol. The lowest BCUT2D eigenvalue weighted by Gasteiger charge is -2.20. The van der Waals surface area contributed by atoms with E-state index >= 15 is 0 Å². The van der Waals surface area contributed by atoms with Gasteiger partial charge >= 0.3 is 5.97 Å². The summed E-state index contributed by atoms with van der Waals surface area (Å²) in [6.07, 6.45) is -1.74. The Morgan fingerprint density at radius 2 is 1.67 bits per heavy atom. The van der Waals surface area contributed by atoms with E-state index < -0.39 is 23.8 Å². The normalized spacial score (nSPS) is 24.2. The molecule has 0 spiro atoms. The number of hydrogen-bond donors (Lipinski definition) is 2. The van der Waals surface area contributed by atoms with E-state index in [1.54, 1.807) is 20.8 Å². The summed E-state index contributed by atoms with van der Waals surface area (Å²) in [5.74, 6) is -0.674. The molecule has 6 nitrogen and oxygen atoms in total. The zero-order chi connectivity index (χ0) is 13.9. The van der Waals surface area contributed by atoms with Crippen molar-refractivity contribution in [1.29, 1.82) is 0 Å². The van der Waals surface area contributed by atoms with E-state index in [1.165, 1.54) is 4.90 Å². The number of ether oxygens (including phenoxy) is 1. The Kier molecular flexibility index (Phi) is 4.70. The van der Waals surface area contributed by atoms with Crippen LogP contribution in [0.15, 0.2) is 0 Å². The van der Waals surface area contributed by atoms with Crippen molar-refractivity contribution in [3.05, 3.63) is 0 Å². The molecule has 0 radical (unpaired) electrons. The molecule has 104 valence electrons. The first-order valence-electron chi connectivity index (χ1n) is 6.05. The summed E-state index contributed by atoms with van der Waals surface area (Å²) in [5, 5.41) is 18.6. The standard InChI is InChI=1S/C12H21NO5/c1-12(2,3)18-11(17)5-4-10(16)13-6-8(14)9(15)7-13/h8-9,14-15H,4-7H2,1-3H3. The number of β-amino-alcohol motifs (C(OH)–C–C–N with tert-alkyl or cyclic N) is 2. The molecule has 0 aromatic carbocycles. The van der Waals surface area contributed by atoms with E-state index in [9.17, 15) is 19.8 Å². The molecule has 0 aliphatic carbocycles. The zero-order valence-corrected chi connectivity index (χ0v) is 11.0. The van der Waals surface area contributed by atoms with Gasteiger partial charge in [-0.1, -0.05) is 0 Å². The minimum absolute atomic E-state index is 0.0127. The topological polar surface area (TPSA) is 87.1 Å². The molecule has 18 heavy (non-hydrogen) atoms. The van der Waals surface area contributed by atoms with Gasteiger partial charge in [0.05, 0.1) is 18.6 Å². The van der Waals surface area contributed by atoms with Gasteiger partial charge in [0.25, 0.3) is 0 Å². The van der Waals surface area contributed by atoms with Crippen molar-refractivity contribution in [3.8, 4) is 0 Å². The van der Waals surface area contributed by atoms with Crippen LogP contribution < -0.4 is 0 Å². The van der Waals surface area contributed by atoms with Crippen LogP contribution in [0, 0.1) is 0 Å². The highest BCUT2D eigenvalue weighted by molar-refractivity contribution is 5.81. The summed E-state index contributed by atoms with van der Waals surface area (Å²) in [5.41, 5.74) is -0.555. The lowest BCUT2D eigenvalue weighted by atomic mass is 10.2. The molecule has 2 unspecified atom stereocenters. The van der Waals surface area contributed by atoms with E-state index in [4.69, 9.17) is 4.74 Å². The molecule has 0 aromatic rings. The van der Waals surface area contributed by atoms with Crippen molar-refractivity contribution in [1.82, 2.24) is 4.90 Å². The summed E-state index contributed by atoms with van der Waals surface area (Å²) < 4.78 is 5.08. The molecule has 1 aliphatic heterocycles. The number of aliphatic hydroxyl groups is 2. The van der Waals surface area contributed by atoms with Crippen LogP contribution >= 0.6 is 0 Å². The van der Waals surface area contributed by atoms with Crippen molar-refractivity contribution in [2.75, 3.05) is 13.1 Å². The van der Waals surface area contributed by atoms with Crippen LogP contribution in [0.5, 0.6) is 0 Å². The number of hydrogen-bond acceptors (Lipinski definition) is 5. The monoisotopic (exact) mass is 259 g/mol. The highest BCUT2D eigenvalue weighted by atomic mass is 16.6. The maximum Gasteiger partial charge on any atom is 0.306 e. The third kappa shape index (κ3) is 4.62. The van der Waals surface area contributed by atoms with Gasteiger partial charge in [-0.25, -0.2) is 0 Å².